The van der Waals surface area contributed by atoms with Crippen molar-refractivity contribution in [3.05, 3.63) is 0 Å². The average Bonchev–Trinajstić information content (AvgIpc) is 2.72. The van der Waals surface area contributed by atoms with Crippen LogP contribution in [0.3, 0.4) is 0 Å². The van der Waals surface area contributed by atoms with Crippen LogP contribution in [0.1, 0.15) is 6.42 Å². The van der Waals surface area contributed by atoms with Gasteiger partial charge in [-0.2, -0.15) is 0 Å². The minimum Gasteiger partial charge on any atom is -0.383 e. The zero-order valence-corrected chi connectivity index (χ0v) is 10.2. The van der Waals surface area contributed by atoms with Crippen LogP contribution in [0.15, 0.2) is 0 Å². The molecule has 5 nitrogen and oxygen atoms in total. The average molecular weight is 233 g/mol. The first-order valence-corrected chi connectivity index (χ1v) is 5.77. The van der Waals surface area contributed by atoms with Gasteiger partial charge in [-0.25, -0.2) is 0 Å². The molecule has 0 amide bonds. The quantitative estimate of drug-likeness (QED) is 0.570. The fraction of sp³-hybridized carbons (Fsp3) is 1.00. The van der Waals surface area contributed by atoms with E-state index < -0.39 is 0 Å². The van der Waals surface area contributed by atoms with Crippen LogP contribution < -0.4 is 5.32 Å². The van der Waals surface area contributed by atoms with Crippen molar-refractivity contribution in [2.24, 2.45) is 0 Å². The van der Waals surface area contributed by atoms with Gasteiger partial charge in [0.05, 0.1) is 39.1 Å². The lowest BCUT2D eigenvalue weighted by atomic mass is 10.2. The molecule has 1 aliphatic rings. The van der Waals surface area contributed by atoms with Gasteiger partial charge in [-0.05, 0) is 6.42 Å². The van der Waals surface area contributed by atoms with Crippen molar-refractivity contribution in [2.45, 2.75) is 18.6 Å². The molecule has 0 bridgehead atoms. The lowest BCUT2D eigenvalue weighted by Crippen LogP contribution is -2.26. The van der Waals surface area contributed by atoms with Gasteiger partial charge in [-0.1, -0.05) is 0 Å². The highest BCUT2D eigenvalue weighted by Gasteiger charge is 2.23. The van der Waals surface area contributed by atoms with Gasteiger partial charge < -0.3 is 24.3 Å². The predicted octanol–water partition coefficient (Wildman–Crippen LogP) is 0.0429. The second-order valence-electron chi connectivity index (χ2n) is 3.89. The van der Waals surface area contributed by atoms with Gasteiger partial charge in [0.2, 0.25) is 0 Å². The van der Waals surface area contributed by atoms with Gasteiger partial charge in [-0.3, -0.25) is 0 Å². The molecule has 1 heterocycles. The minimum absolute atomic E-state index is 0.297. The Bertz CT molecular complexity index is 168. The van der Waals surface area contributed by atoms with E-state index in [0.717, 1.165) is 19.6 Å². The number of ether oxygens (including phenoxy) is 4. The third kappa shape index (κ3) is 5.77. The Balaban J connectivity index is 1.90. The van der Waals surface area contributed by atoms with Crippen molar-refractivity contribution in [3.63, 3.8) is 0 Å². The zero-order valence-electron chi connectivity index (χ0n) is 10.2. The molecule has 16 heavy (non-hydrogen) atoms. The van der Waals surface area contributed by atoms with Crippen LogP contribution in [0.2, 0.25) is 0 Å². The first-order chi connectivity index (χ1) is 7.86. The Hall–Kier alpha value is -0.200. The van der Waals surface area contributed by atoms with Gasteiger partial charge in [0, 0.05) is 26.8 Å². The molecule has 1 rings (SSSR count). The summed E-state index contributed by atoms with van der Waals surface area (Å²) in [7, 11) is 3.39. The van der Waals surface area contributed by atoms with E-state index in [0.29, 0.717) is 38.6 Å². The third-order valence-corrected chi connectivity index (χ3v) is 2.56. The summed E-state index contributed by atoms with van der Waals surface area (Å²) in [6.45, 7) is 4.22. The molecule has 0 spiro atoms. The van der Waals surface area contributed by atoms with E-state index in [1.54, 1.807) is 14.2 Å². The van der Waals surface area contributed by atoms with Crippen molar-refractivity contribution < 1.29 is 18.9 Å². The molecule has 1 aliphatic heterocycles. The van der Waals surface area contributed by atoms with Crippen molar-refractivity contribution in [1.82, 2.24) is 5.32 Å². The standard InChI is InChI=1S/C11H23NO4/c1-13-3-4-15-5-6-16-11-7-10(9-14-2)12-8-11/h10-12H,3-9H2,1-2H3. The summed E-state index contributed by atoms with van der Waals surface area (Å²) >= 11 is 0. The lowest BCUT2D eigenvalue weighted by molar-refractivity contribution is -0.00112. The molecule has 2 atom stereocenters. The summed E-state index contributed by atoms with van der Waals surface area (Å²) in [6, 6.07) is 0.435. The normalized spacial score (nSPS) is 25.1. The predicted molar refractivity (Wildman–Crippen MR) is 60.7 cm³/mol. The molecule has 0 aromatic rings. The Kier molecular flexibility index (Phi) is 7.71. The molecule has 0 saturated carbocycles. The maximum absolute atomic E-state index is 5.68. The van der Waals surface area contributed by atoms with Crippen molar-refractivity contribution in [1.29, 1.82) is 0 Å². The third-order valence-electron chi connectivity index (χ3n) is 2.56. The monoisotopic (exact) mass is 233 g/mol. The highest BCUT2D eigenvalue weighted by atomic mass is 16.5. The van der Waals surface area contributed by atoms with Crippen LogP contribution in [-0.4, -0.2) is 65.9 Å². The first-order valence-electron chi connectivity index (χ1n) is 5.77. The van der Waals surface area contributed by atoms with Crippen molar-refractivity contribution in [3.8, 4) is 0 Å². The van der Waals surface area contributed by atoms with E-state index in [1.165, 1.54) is 0 Å². The number of nitrogens with one attached hydrogen (secondary N) is 1. The lowest BCUT2D eigenvalue weighted by Gasteiger charge is -2.11. The Morgan fingerprint density at radius 3 is 2.62 bits per heavy atom. The summed E-state index contributed by atoms with van der Waals surface area (Å²) < 4.78 is 20.9. The van der Waals surface area contributed by atoms with Crippen LogP contribution in [0, 0.1) is 0 Å². The topological polar surface area (TPSA) is 49.0 Å². The highest BCUT2D eigenvalue weighted by molar-refractivity contribution is 4.81. The van der Waals surface area contributed by atoms with Gasteiger partial charge >= 0.3 is 0 Å². The number of rotatable bonds is 9. The maximum atomic E-state index is 5.68. The Morgan fingerprint density at radius 2 is 1.88 bits per heavy atom. The molecule has 1 fully saturated rings. The van der Waals surface area contributed by atoms with E-state index in [1.807, 2.05) is 0 Å². The van der Waals surface area contributed by atoms with E-state index >= 15 is 0 Å². The largest absolute Gasteiger partial charge is 0.383 e. The number of hydrogen-bond donors (Lipinski definition) is 1. The molecule has 0 aliphatic carbocycles. The van der Waals surface area contributed by atoms with E-state index in [9.17, 15) is 0 Å². The Labute approximate surface area is 97.4 Å². The number of methoxy groups -OCH3 is 2. The van der Waals surface area contributed by atoms with Crippen LogP contribution in [0.4, 0.5) is 0 Å². The van der Waals surface area contributed by atoms with Gasteiger partial charge in [0.1, 0.15) is 0 Å². The molecule has 96 valence electrons. The van der Waals surface area contributed by atoms with Gasteiger partial charge in [0.15, 0.2) is 0 Å². The summed E-state index contributed by atoms with van der Waals surface area (Å²) in [5.41, 5.74) is 0. The maximum Gasteiger partial charge on any atom is 0.0716 e. The van der Waals surface area contributed by atoms with Crippen LogP contribution in [0.25, 0.3) is 0 Å². The van der Waals surface area contributed by atoms with Crippen molar-refractivity contribution in [2.75, 3.05) is 53.8 Å². The van der Waals surface area contributed by atoms with Crippen molar-refractivity contribution >= 4 is 0 Å². The van der Waals surface area contributed by atoms with Crippen LogP contribution in [-0.2, 0) is 18.9 Å². The van der Waals surface area contributed by atoms with Gasteiger partial charge in [0.25, 0.3) is 0 Å². The number of hydrogen-bond acceptors (Lipinski definition) is 5. The molecular formula is C11H23NO4. The smallest absolute Gasteiger partial charge is 0.0716 e. The molecule has 0 radical (unpaired) electrons. The minimum atomic E-state index is 0.297. The fourth-order valence-electron chi connectivity index (χ4n) is 1.76. The second kappa shape index (κ2) is 8.90. The SMILES string of the molecule is COCCOCCOC1CNC(COC)C1. The Morgan fingerprint density at radius 1 is 1.06 bits per heavy atom. The van der Waals surface area contributed by atoms with Crippen LogP contribution >= 0.6 is 0 Å². The zero-order chi connectivity index (χ0) is 11.6. The molecule has 2 unspecified atom stereocenters. The van der Waals surface area contributed by atoms with Gasteiger partial charge in [-0.15, -0.1) is 0 Å². The first kappa shape index (κ1) is 13.9. The molecule has 5 heteroatoms. The molecule has 0 aromatic heterocycles. The molecule has 1 saturated heterocycles. The summed E-state index contributed by atoms with van der Waals surface area (Å²) in [5.74, 6) is 0. The molecule has 0 aromatic carbocycles. The highest BCUT2D eigenvalue weighted by Crippen LogP contribution is 2.10. The molecular weight excluding hydrogens is 210 g/mol. The van der Waals surface area contributed by atoms with Crippen LogP contribution in [0.5, 0.6) is 0 Å². The fourth-order valence-corrected chi connectivity index (χ4v) is 1.76. The summed E-state index contributed by atoms with van der Waals surface area (Å²) in [4.78, 5) is 0. The molecule has 1 N–H and O–H groups in total. The van der Waals surface area contributed by atoms with E-state index in [-0.39, 0.29) is 0 Å². The second-order valence-corrected chi connectivity index (χ2v) is 3.89. The van der Waals surface area contributed by atoms with E-state index in [4.69, 9.17) is 18.9 Å². The summed E-state index contributed by atoms with van der Waals surface area (Å²) in [5, 5.41) is 3.36. The van der Waals surface area contributed by atoms with E-state index in [2.05, 4.69) is 5.32 Å². The summed E-state index contributed by atoms with van der Waals surface area (Å²) in [6.07, 6.45) is 1.32.